The third-order valence-electron chi connectivity index (χ3n) is 3.32. The van der Waals surface area contributed by atoms with Crippen molar-refractivity contribution in [2.45, 2.75) is 32.9 Å². The van der Waals surface area contributed by atoms with E-state index in [-0.39, 0.29) is 25.2 Å². The fraction of sp³-hybridized carbons (Fsp3) is 0.500. The Morgan fingerprint density at radius 2 is 1.56 bits per heavy atom. The van der Waals surface area contributed by atoms with E-state index >= 15 is 0 Å². The van der Waals surface area contributed by atoms with Gasteiger partial charge in [0, 0.05) is 18.8 Å². The topological polar surface area (TPSA) is 113 Å². The van der Waals surface area contributed by atoms with Crippen LogP contribution >= 0.6 is 0 Å². The molecule has 0 aliphatic carbocycles. The zero-order chi connectivity index (χ0) is 19.4. The summed E-state index contributed by atoms with van der Waals surface area (Å²) in [4.78, 5) is 13.8. The number of alkyl halides is 3. The lowest BCUT2D eigenvalue weighted by Gasteiger charge is -2.40. The maximum atomic E-state index is 12.9. The highest BCUT2D eigenvalue weighted by atomic mass is 19.4. The fourth-order valence-electron chi connectivity index (χ4n) is 2.31. The molecule has 0 radical (unpaired) electrons. The number of nitrogens with zero attached hydrogens (tertiary/aromatic N) is 3. The average molecular weight is 365 g/mol. The molecular weight excluding hydrogens is 347 g/mol. The van der Waals surface area contributed by atoms with Gasteiger partial charge in [0.1, 0.15) is 5.69 Å². The first-order valence-corrected chi connectivity index (χ1v) is 7.41. The maximum Gasteiger partial charge on any atom is 0.416 e. The van der Waals surface area contributed by atoms with Crippen LogP contribution in [0.3, 0.4) is 0 Å². The van der Waals surface area contributed by atoms with Crippen molar-refractivity contribution in [3.05, 3.63) is 33.7 Å². The molecule has 2 N–H and O–H groups in total. The van der Waals surface area contributed by atoms with E-state index in [0.717, 1.165) is 0 Å². The van der Waals surface area contributed by atoms with Crippen LogP contribution in [-0.2, 0) is 6.18 Å². The predicted molar refractivity (Wildman–Crippen MR) is 83.2 cm³/mol. The van der Waals surface area contributed by atoms with E-state index in [0.29, 0.717) is 12.8 Å². The van der Waals surface area contributed by atoms with Crippen LogP contribution in [0, 0.1) is 10.4 Å². The van der Waals surface area contributed by atoms with E-state index in [1.807, 2.05) is 0 Å². The molecule has 0 unspecified atom stereocenters. The van der Waals surface area contributed by atoms with E-state index in [9.17, 15) is 38.8 Å². The third kappa shape index (κ3) is 4.95. The summed E-state index contributed by atoms with van der Waals surface area (Å²) in [6, 6.07) is 0.479. The van der Waals surface area contributed by atoms with Gasteiger partial charge in [0.05, 0.1) is 11.1 Å². The van der Waals surface area contributed by atoms with Crippen LogP contribution in [0.5, 0.6) is 0 Å². The molecule has 0 aliphatic heterocycles. The number of rotatable bonds is 7. The molecule has 8 nitrogen and oxygen atoms in total. The second-order valence-corrected chi connectivity index (χ2v) is 5.23. The lowest BCUT2D eigenvalue weighted by Crippen LogP contribution is -2.35. The van der Waals surface area contributed by atoms with Crippen molar-refractivity contribution in [2.75, 3.05) is 23.5 Å². The summed E-state index contributed by atoms with van der Waals surface area (Å²) in [6.07, 6.45) is -3.95. The molecule has 1 amide bonds. The first kappa shape index (κ1) is 21.0. The molecule has 0 saturated heterocycles. The van der Waals surface area contributed by atoms with Gasteiger partial charge in [-0.1, -0.05) is 13.8 Å². The number of halogens is 3. The number of anilines is 2. The molecular formula is C14H18F3N3O5-2. The second-order valence-electron chi connectivity index (χ2n) is 5.23. The number of hydrogen-bond donors (Lipinski definition) is 2. The molecule has 0 saturated carbocycles. The average Bonchev–Trinajstić information content (AvgIpc) is 2.51. The highest BCUT2D eigenvalue weighted by molar-refractivity contribution is 6.05. The molecule has 1 aromatic carbocycles. The van der Waals surface area contributed by atoms with Gasteiger partial charge in [-0.15, -0.1) is 5.23 Å². The van der Waals surface area contributed by atoms with Crippen LogP contribution in [0.25, 0.3) is 0 Å². The minimum atomic E-state index is -4.97. The molecule has 0 atom stereocenters. The summed E-state index contributed by atoms with van der Waals surface area (Å²) in [5.41, 5.74) is -4.45. The largest absolute Gasteiger partial charge is 0.769 e. The van der Waals surface area contributed by atoms with Crippen LogP contribution < -0.4 is 10.5 Å². The molecule has 25 heavy (non-hydrogen) atoms. The molecule has 0 bridgehead atoms. The smallest absolute Gasteiger partial charge is 0.416 e. The Morgan fingerprint density at radius 3 is 1.92 bits per heavy atom. The van der Waals surface area contributed by atoms with Crippen molar-refractivity contribution in [3.63, 3.8) is 0 Å². The van der Waals surface area contributed by atoms with E-state index < -0.39 is 45.0 Å². The van der Waals surface area contributed by atoms with Gasteiger partial charge in [0.15, 0.2) is 0 Å². The Morgan fingerprint density at radius 1 is 1.08 bits per heavy atom. The van der Waals surface area contributed by atoms with Crippen LogP contribution in [0.2, 0.25) is 0 Å². The maximum absolute atomic E-state index is 12.9. The molecule has 142 valence electrons. The minimum absolute atomic E-state index is 0.205. The molecule has 11 heteroatoms. The summed E-state index contributed by atoms with van der Waals surface area (Å²) < 4.78 is 38.7. The number of hydrogen-bond acceptors (Lipinski definition) is 7. The van der Waals surface area contributed by atoms with Gasteiger partial charge in [0.2, 0.25) is 0 Å². The van der Waals surface area contributed by atoms with E-state index in [1.54, 1.807) is 13.8 Å². The monoisotopic (exact) mass is 365 g/mol. The van der Waals surface area contributed by atoms with Crippen molar-refractivity contribution in [1.82, 2.24) is 4.90 Å². The van der Waals surface area contributed by atoms with Gasteiger partial charge in [0.25, 0.3) is 5.91 Å². The van der Waals surface area contributed by atoms with Crippen LogP contribution in [0.15, 0.2) is 12.1 Å². The van der Waals surface area contributed by atoms with Crippen LogP contribution in [0.1, 0.15) is 42.6 Å². The molecule has 0 spiro atoms. The summed E-state index contributed by atoms with van der Waals surface area (Å²) in [5, 5.41) is 39.0. The minimum Gasteiger partial charge on any atom is -0.769 e. The quantitative estimate of drug-likeness (QED) is 0.712. The van der Waals surface area contributed by atoms with Gasteiger partial charge in [-0.25, -0.2) is 0 Å². The van der Waals surface area contributed by atoms with E-state index in [1.165, 1.54) is 4.90 Å². The highest BCUT2D eigenvalue weighted by Crippen LogP contribution is 2.38. The van der Waals surface area contributed by atoms with Crippen LogP contribution in [-0.4, -0.2) is 34.3 Å². The Kier molecular flexibility index (Phi) is 6.99. The summed E-state index contributed by atoms with van der Waals surface area (Å²) in [7, 11) is 0. The zero-order valence-electron chi connectivity index (χ0n) is 13.6. The van der Waals surface area contributed by atoms with Crippen molar-refractivity contribution in [2.24, 2.45) is 0 Å². The van der Waals surface area contributed by atoms with Gasteiger partial charge in [-0.05, 0) is 25.0 Å². The Labute approximate surface area is 141 Å². The number of carbonyl (C=O) groups excluding carboxylic acids is 1. The Balaban J connectivity index is 3.63. The number of amides is 1. The molecule has 0 heterocycles. The van der Waals surface area contributed by atoms with Crippen LogP contribution in [0.4, 0.5) is 24.5 Å². The zero-order valence-corrected chi connectivity index (χ0v) is 13.6. The highest BCUT2D eigenvalue weighted by Gasteiger charge is 2.34. The summed E-state index contributed by atoms with van der Waals surface area (Å²) >= 11 is 0. The number of benzene rings is 1. The summed E-state index contributed by atoms with van der Waals surface area (Å²) in [6.45, 7) is 3.92. The molecule has 1 aromatic rings. The predicted octanol–water partition coefficient (Wildman–Crippen LogP) is 3.35. The first-order chi connectivity index (χ1) is 11.5. The standard InChI is InChI=1S/C14H18F3N3O5/c1-3-5-18(6-4-2)13(21)12-10(19(22)23)7-9(14(15,16)17)8-11(12)20(24)25/h7-8,22-23H,3-6H2,1-2H3/q-2. The van der Waals surface area contributed by atoms with Gasteiger partial charge >= 0.3 is 6.18 Å². The van der Waals surface area contributed by atoms with Crippen molar-refractivity contribution >= 4 is 17.3 Å². The Bertz CT molecular complexity index is 573. The summed E-state index contributed by atoms with van der Waals surface area (Å²) in [5.74, 6) is -0.952. The lowest BCUT2D eigenvalue weighted by molar-refractivity contribution is -0.137. The molecule has 0 aromatic heterocycles. The fourth-order valence-corrected chi connectivity index (χ4v) is 2.31. The normalized spacial score (nSPS) is 11.4. The molecule has 0 fully saturated rings. The van der Waals surface area contributed by atoms with Gasteiger partial charge in [-0.3, -0.25) is 15.2 Å². The van der Waals surface area contributed by atoms with E-state index in [4.69, 9.17) is 0 Å². The lowest BCUT2D eigenvalue weighted by atomic mass is 10.0. The van der Waals surface area contributed by atoms with E-state index in [2.05, 4.69) is 0 Å². The Hall–Kier alpha value is -2.08. The molecule has 0 aliphatic rings. The van der Waals surface area contributed by atoms with Crippen molar-refractivity contribution < 1.29 is 28.4 Å². The van der Waals surface area contributed by atoms with Gasteiger partial charge in [-0.2, -0.15) is 13.2 Å². The SMILES string of the molecule is CCCN(CCC)C(=O)c1c(N([O-])[O-])cc(C(F)(F)F)cc1N(O)O. The third-order valence-corrected chi connectivity index (χ3v) is 3.32. The first-order valence-electron chi connectivity index (χ1n) is 7.41. The van der Waals surface area contributed by atoms with Crippen molar-refractivity contribution in [3.8, 4) is 0 Å². The number of carbonyl (C=O) groups is 1. The second kappa shape index (κ2) is 8.34. The van der Waals surface area contributed by atoms with Gasteiger partial charge < -0.3 is 20.5 Å². The molecule has 1 rings (SSSR count). The van der Waals surface area contributed by atoms with Crippen molar-refractivity contribution in [1.29, 1.82) is 0 Å².